The van der Waals surface area contributed by atoms with Crippen molar-refractivity contribution in [2.75, 3.05) is 12.9 Å². The summed E-state index contributed by atoms with van der Waals surface area (Å²) < 4.78 is 27.2. The minimum Gasteiger partial charge on any atom is -0.497 e. The third-order valence-electron chi connectivity index (χ3n) is 2.43. The van der Waals surface area contributed by atoms with Crippen molar-refractivity contribution in [2.24, 2.45) is 5.14 Å². The highest BCUT2D eigenvalue weighted by Crippen LogP contribution is 2.26. The number of hydrogen-bond donors (Lipinski definition) is 1. The van der Waals surface area contributed by atoms with Crippen molar-refractivity contribution in [2.45, 2.75) is 19.3 Å². The van der Waals surface area contributed by atoms with Crippen molar-refractivity contribution in [1.29, 1.82) is 0 Å². The molecule has 0 amide bonds. The van der Waals surface area contributed by atoms with Crippen LogP contribution in [0.4, 0.5) is 0 Å². The molecule has 2 N–H and O–H groups in total. The van der Waals surface area contributed by atoms with Crippen LogP contribution in [0.5, 0.6) is 5.75 Å². The van der Waals surface area contributed by atoms with Gasteiger partial charge in [0.2, 0.25) is 10.0 Å². The monoisotopic (exact) mass is 243 g/mol. The molecule has 0 spiro atoms. The topological polar surface area (TPSA) is 69.4 Å². The first-order valence-electron chi connectivity index (χ1n) is 4.90. The van der Waals surface area contributed by atoms with Crippen LogP contribution in [0.15, 0.2) is 24.3 Å². The second kappa shape index (κ2) is 4.43. The lowest BCUT2D eigenvalue weighted by Crippen LogP contribution is -2.32. The summed E-state index contributed by atoms with van der Waals surface area (Å²) in [6.07, 6.45) is 0. The molecule has 1 rings (SSSR count). The summed E-state index contributed by atoms with van der Waals surface area (Å²) in [4.78, 5) is 0. The van der Waals surface area contributed by atoms with Gasteiger partial charge in [0.25, 0.3) is 0 Å². The van der Waals surface area contributed by atoms with E-state index in [-0.39, 0.29) is 5.75 Å². The lowest BCUT2D eigenvalue weighted by molar-refractivity contribution is 0.414. The summed E-state index contributed by atoms with van der Waals surface area (Å²) in [5.41, 5.74) is 0.419. The molecular weight excluding hydrogens is 226 g/mol. The number of rotatable bonds is 4. The second-order valence-corrected chi connectivity index (χ2v) is 6.03. The minimum absolute atomic E-state index is 0.0771. The van der Waals surface area contributed by atoms with Crippen LogP contribution in [0.25, 0.3) is 0 Å². The molecule has 0 bridgehead atoms. The highest BCUT2D eigenvalue weighted by Gasteiger charge is 2.25. The van der Waals surface area contributed by atoms with E-state index in [2.05, 4.69) is 0 Å². The van der Waals surface area contributed by atoms with E-state index >= 15 is 0 Å². The molecule has 5 heteroatoms. The summed E-state index contributed by atoms with van der Waals surface area (Å²) >= 11 is 0. The van der Waals surface area contributed by atoms with Crippen LogP contribution in [-0.4, -0.2) is 21.3 Å². The SMILES string of the molecule is COc1ccc(C(C)(C)CS(N)(=O)=O)cc1. The van der Waals surface area contributed by atoms with Gasteiger partial charge in [0.1, 0.15) is 5.75 Å². The zero-order valence-corrected chi connectivity index (χ0v) is 10.5. The first kappa shape index (κ1) is 13.0. The zero-order valence-electron chi connectivity index (χ0n) is 9.73. The molecule has 0 aromatic heterocycles. The number of hydrogen-bond acceptors (Lipinski definition) is 3. The maximum Gasteiger partial charge on any atom is 0.209 e. The van der Waals surface area contributed by atoms with Gasteiger partial charge < -0.3 is 4.74 Å². The Morgan fingerprint density at radius 2 is 1.75 bits per heavy atom. The largest absolute Gasteiger partial charge is 0.497 e. The summed E-state index contributed by atoms with van der Waals surface area (Å²) in [6.45, 7) is 3.69. The average Bonchev–Trinajstić information content (AvgIpc) is 2.14. The van der Waals surface area contributed by atoms with E-state index in [9.17, 15) is 8.42 Å². The van der Waals surface area contributed by atoms with Crippen LogP contribution in [0.3, 0.4) is 0 Å². The molecule has 0 radical (unpaired) electrons. The average molecular weight is 243 g/mol. The summed E-state index contributed by atoms with van der Waals surface area (Å²) in [5.74, 6) is 0.668. The summed E-state index contributed by atoms with van der Waals surface area (Å²) in [6, 6.07) is 7.31. The van der Waals surface area contributed by atoms with Gasteiger partial charge in [-0.05, 0) is 17.7 Å². The first-order chi connectivity index (χ1) is 7.24. The van der Waals surface area contributed by atoms with Gasteiger partial charge in [0, 0.05) is 5.41 Å². The Kier molecular flexibility index (Phi) is 3.60. The predicted octanol–water partition coefficient (Wildman–Crippen LogP) is 1.26. The van der Waals surface area contributed by atoms with E-state index in [0.717, 1.165) is 11.3 Å². The van der Waals surface area contributed by atoms with Crippen LogP contribution in [0, 0.1) is 0 Å². The van der Waals surface area contributed by atoms with Crippen molar-refractivity contribution in [3.8, 4) is 5.75 Å². The molecule has 1 aromatic carbocycles. The predicted molar refractivity (Wildman–Crippen MR) is 64.0 cm³/mol. The third kappa shape index (κ3) is 3.50. The molecule has 0 saturated carbocycles. The highest BCUT2D eigenvalue weighted by atomic mass is 32.2. The number of sulfonamides is 1. The summed E-state index contributed by atoms with van der Waals surface area (Å²) in [5, 5.41) is 5.06. The van der Waals surface area contributed by atoms with Crippen molar-refractivity contribution in [3.05, 3.63) is 29.8 Å². The molecule has 0 atom stereocenters. The highest BCUT2D eigenvalue weighted by molar-refractivity contribution is 7.89. The molecule has 0 aliphatic heterocycles. The fourth-order valence-corrected chi connectivity index (χ4v) is 2.80. The van der Waals surface area contributed by atoms with Crippen molar-refractivity contribution in [1.82, 2.24) is 0 Å². The molecule has 0 fully saturated rings. The van der Waals surface area contributed by atoms with Crippen molar-refractivity contribution in [3.63, 3.8) is 0 Å². The number of benzene rings is 1. The molecule has 0 heterocycles. The Labute approximate surface area is 96.5 Å². The molecule has 0 aliphatic rings. The van der Waals surface area contributed by atoms with Crippen LogP contribution < -0.4 is 9.88 Å². The van der Waals surface area contributed by atoms with Gasteiger partial charge in [0.05, 0.1) is 12.9 Å². The Bertz CT molecular complexity index is 449. The lowest BCUT2D eigenvalue weighted by atomic mass is 9.87. The molecule has 0 aliphatic carbocycles. The smallest absolute Gasteiger partial charge is 0.209 e. The van der Waals surface area contributed by atoms with E-state index in [1.165, 1.54) is 0 Å². The van der Waals surface area contributed by atoms with E-state index in [4.69, 9.17) is 9.88 Å². The van der Waals surface area contributed by atoms with E-state index < -0.39 is 15.4 Å². The van der Waals surface area contributed by atoms with Crippen LogP contribution in [0.1, 0.15) is 19.4 Å². The van der Waals surface area contributed by atoms with E-state index in [1.807, 2.05) is 26.0 Å². The fourth-order valence-electron chi connectivity index (χ4n) is 1.63. The quantitative estimate of drug-likeness (QED) is 0.865. The molecule has 16 heavy (non-hydrogen) atoms. The normalized spacial score (nSPS) is 12.5. The molecular formula is C11H17NO3S. The Morgan fingerprint density at radius 1 is 1.25 bits per heavy atom. The Balaban J connectivity index is 2.98. The first-order valence-corrected chi connectivity index (χ1v) is 6.61. The Morgan fingerprint density at radius 3 is 2.12 bits per heavy atom. The van der Waals surface area contributed by atoms with Gasteiger partial charge in [-0.15, -0.1) is 0 Å². The Hall–Kier alpha value is -1.07. The summed E-state index contributed by atoms with van der Waals surface area (Å²) in [7, 11) is -1.89. The standard InChI is InChI=1S/C11H17NO3S/c1-11(2,8-16(12,13)14)9-4-6-10(15-3)7-5-9/h4-7H,8H2,1-3H3,(H2,12,13,14). The molecule has 0 saturated heterocycles. The van der Waals surface area contributed by atoms with Crippen LogP contribution in [0.2, 0.25) is 0 Å². The molecule has 4 nitrogen and oxygen atoms in total. The van der Waals surface area contributed by atoms with E-state index in [0.29, 0.717) is 0 Å². The second-order valence-electron chi connectivity index (χ2n) is 4.42. The lowest BCUT2D eigenvalue weighted by Gasteiger charge is -2.24. The molecule has 1 aromatic rings. The number of ether oxygens (including phenoxy) is 1. The van der Waals surface area contributed by atoms with Gasteiger partial charge in [-0.2, -0.15) is 0 Å². The van der Waals surface area contributed by atoms with Gasteiger partial charge >= 0.3 is 0 Å². The van der Waals surface area contributed by atoms with Crippen molar-refractivity contribution >= 4 is 10.0 Å². The maximum atomic E-state index is 11.1. The van der Waals surface area contributed by atoms with Crippen LogP contribution in [-0.2, 0) is 15.4 Å². The fraction of sp³-hybridized carbons (Fsp3) is 0.455. The van der Waals surface area contributed by atoms with Crippen molar-refractivity contribution < 1.29 is 13.2 Å². The third-order valence-corrected chi connectivity index (χ3v) is 3.56. The molecule has 0 unspecified atom stereocenters. The minimum atomic E-state index is -3.48. The van der Waals surface area contributed by atoms with Gasteiger partial charge in [0.15, 0.2) is 0 Å². The maximum absolute atomic E-state index is 11.1. The van der Waals surface area contributed by atoms with Gasteiger partial charge in [-0.3, -0.25) is 0 Å². The zero-order chi connectivity index (χ0) is 12.4. The molecule has 90 valence electrons. The number of nitrogens with two attached hydrogens (primary N) is 1. The van der Waals surface area contributed by atoms with Crippen LogP contribution >= 0.6 is 0 Å². The van der Waals surface area contributed by atoms with E-state index in [1.54, 1.807) is 19.2 Å². The number of primary sulfonamides is 1. The van der Waals surface area contributed by atoms with Gasteiger partial charge in [-0.25, -0.2) is 13.6 Å². The number of methoxy groups -OCH3 is 1. The van der Waals surface area contributed by atoms with Gasteiger partial charge in [-0.1, -0.05) is 26.0 Å².